The average Bonchev–Trinajstić information content (AvgIpc) is 2.85. The molecule has 1 aliphatic carbocycles. The number of nitrogens with zero attached hydrogens (tertiary/aromatic N) is 1. The van der Waals surface area contributed by atoms with Gasteiger partial charge in [0.05, 0.1) is 0 Å². The second-order valence-corrected chi connectivity index (χ2v) is 9.14. The Morgan fingerprint density at radius 2 is 2.00 bits per heavy atom. The minimum Gasteiger partial charge on any atom is -0.351 e. The molecule has 0 atom stereocenters. The van der Waals surface area contributed by atoms with Gasteiger partial charge in [0.15, 0.2) is 0 Å². The Kier molecular flexibility index (Phi) is 5.60. The van der Waals surface area contributed by atoms with Crippen LogP contribution in [0.5, 0.6) is 0 Å². The van der Waals surface area contributed by atoms with Crippen molar-refractivity contribution in [2.45, 2.75) is 58.4 Å². The molecule has 1 saturated carbocycles. The van der Waals surface area contributed by atoms with E-state index >= 15 is 0 Å². The van der Waals surface area contributed by atoms with Crippen molar-refractivity contribution in [3.8, 4) is 0 Å². The quantitative estimate of drug-likeness (QED) is 0.513. The summed E-state index contributed by atoms with van der Waals surface area (Å²) in [5, 5.41) is 8.94. The van der Waals surface area contributed by atoms with Crippen molar-refractivity contribution in [1.82, 2.24) is 20.9 Å². The van der Waals surface area contributed by atoms with Gasteiger partial charge in [-0.1, -0.05) is 32.4 Å². The van der Waals surface area contributed by atoms with Crippen LogP contribution in [0.15, 0.2) is 11.6 Å². The summed E-state index contributed by atoms with van der Waals surface area (Å²) in [6.45, 7) is 8.66. The summed E-state index contributed by atoms with van der Waals surface area (Å²) in [5.74, 6) is 0.0119. The van der Waals surface area contributed by atoms with Crippen molar-refractivity contribution in [3.05, 3.63) is 11.6 Å². The van der Waals surface area contributed by atoms with Crippen LogP contribution >= 0.6 is 0 Å². The van der Waals surface area contributed by atoms with Crippen molar-refractivity contribution in [1.29, 1.82) is 0 Å². The first-order valence-corrected chi connectivity index (χ1v) is 10.0. The number of hydrogen-bond donors (Lipinski definition) is 3. The van der Waals surface area contributed by atoms with E-state index in [1.54, 1.807) is 0 Å². The smallest absolute Gasteiger partial charge is 0.325 e. The van der Waals surface area contributed by atoms with Crippen molar-refractivity contribution >= 4 is 17.8 Å². The molecule has 3 aliphatic rings. The largest absolute Gasteiger partial charge is 0.351 e. The molecule has 0 unspecified atom stereocenters. The lowest BCUT2D eigenvalue weighted by atomic mass is 9.67. The van der Waals surface area contributed by atoms with E-state index in [0.29, 0.717) is 25.3 Å². The maximum absolute atomic E-state index is 12.9. The van der Waals surface area contributed by atoms with E-state index in [-0.39, 0.29) is 23.8 Å². The SMILES string of the molecule is CC(C)(C)C1CCC2(CC1)NC(=O)N(CC(=O)NCC1=CCNCC1)C2=O. The highest BCUT2D eigenvalue weighted by Gasteiger charge is 2.53. The molecule has 2 aliphatic heterocycles. The molecule has 7 nitrogen and oxygen atoms in total. The van der Waals surface area contributed by atoms with Gasteiger partial charge < -0.3 is 16.0 Å². The third kappa shape index (κ3) is 4.34. The molecule has 0 aromatic heterocycles. The lowest BCUT2D eigenvalue weighted by Gasteiger charge is -2.40. The second-order valence-electron chi connectivity index (χ2n) is 9.14. The zero-order valence-electron chi connectivity index (χ0n) is 16.7. The molecule has 3 N–H and O–H groups in total. The molecule has 0 bridgehead atoms. The Morgan fingerprint density at radius 1 is 1.30 bits per heavy atom. The van der Waals surface area contributed by atoms with Crippen LogP contribution in [-0.2, 0) is 9.59 Å². The fraction of sp³-hybridized carbons (Fsp3) is 0.750. The number of rotatable bonds is 4. The minimum atomic E-state index is -0.809. The molecular weight excluding hydrogens is 344 g/mol. The normalized spacial score (nSPS) is 28.9. The van der Waals surface area contributed by atoms with Gasteiger partial charge in [0.25, 0.3) is 5.91 Å². The molecule has 0 radical (unpaired) electrons. The highest BCUT2D eigenvalue weighted by Crippen LogP contribution is 2.43. The van der Waals surface area contributed by atoms with Crippen LogP contribution in [0.3, 0.4) is 0 Å². The maximum Gasteiger partial charge on any atom is 0.325 e. The van der Waals surface area contributed by atoms with E-state index in [0.717, 1.165) is 37.3 Å². The molecule has 2 heterocycles. The Hall–Kier alpha value is -1.89. The molecule has 2 fully saturated rings. The number of imide groups is 1. The summed E-state index contributed by atoms with van der Waals surface area (Å²) in [5.41, 5.74) is 0.573. The summed E-state index contributed by atoms with van der Waals surface area (Å²) in [7, 11) is 0. The summed E-state index contributed by atoms with van der Waals surface area (Å²) in [6, 6.07) is -0.439. The van der Waals surface area contributed by atoms with Gasteiger partial charge in [-0.15, -0.1) is 0 Å². The summed E-state index contributed by atoms with van der Waals surface area (Å²) in [6.07, 6.45) is 6.10. The van der Waals surface area contributed by atoms with E-state index < -0.39 is 11.6 Å². The molecule has 4 amide bonds. The Labute approximate surface area is 161 Å². The van der Waals surface area contributed by atoms with Crippen molar-refractivity contribution in [2.75, 3.05) is 26.2 Å². The summed E-state index contributed by atoms with van der Waals surface area (Å²) >= 11 is 0. The predicted octanol–water partition coefficient (Wildman–Crippen LogP) is 1.55. The summed E-state index contributed by atoms with van der Waals surface area (Å²) < 4.78 is 0. The molecule has 0 aromatic carbocycles. The van der Waals surface area contributed by atoms with Crippen LogP contribution in [0.1, 0.15) is 52.9 Å². The van der Waals surface area contributed by atoms with Gasteiger partial charge in [0.1, 0.15) is 12.1 Å². The fourth-order valence-corrected chi connectivity index (χ4v) is 4.38. The van der Waals surface area contributed by atoms with Crippen LogP contribution in [0.4, 0.5) is 4.79 Å². The van der Waals surface area contributed by atoms with Gasteiger partial charge in [-0.2, -0.15) is 0 Å². The van der Waals surface area contributed by atoms with E-state index in [1.807, 2.05) is 0 Å². The fourth-order valence-electron chi connectivity index (χ4n) is 4.38. The zero-order chi connectivity index (χ0) is 19.7. The van der Waals surface area contributed by atoms with Crippen molar-refractivity contribution < 1.29 is 14.4 Å². The molecule has 1 saturated heterocycles. The van der Waals surface area contributed by atoms with E-state index in [4.69, 9.17) is 0 Å². The predicted molar refractivity (Wildman–Crippen MR) is 103 cm³/mol. The van der Waals surface area contributed by atoms with Gasteiger partial charge in [-0.05, 0) is 50.0 Å². The van der Waals surface area contributed by atoms with Gasteiger partial charge in [-0.25, -0.2) is 4.79 Å². The van der Waals surface area contributed by atoms with Gasteiger partial charge in [0, 0.05) is 13.1 Å². The van der Waals surface area contributed by atoms with Gasteiger partial charge in [-0.3, -0.25) is 14.5 Å². The van der Waals surface area contributed by atoms with E-state index in [2.05, 4.69) is 42.8 Å². The standard InChI is InChI=1S/C20H32N4O3/c1-19(2,3)15-4-8-20(9-5-15)17(26)24(18(27)23-20)13-16(25)22-12-14-6-10-21-11-7-14/h6,15,21H,4-5,7-13H2,1-3H3,(H,22,25)(H,23,27). The minimum absolute atomic E-state index is 0.205. The number of carbonyl (C=O) groups excluding carboxylic acids is 3. The Bertz CT molecular complexity index is 642. The second kappa shape index (κ2) is 7.62. The van der Waals surface area contributed by atoms with Crippen LogP contribution in [0, 0.1) is 11.3 Å². The van der Waals surface area contributed by atoms with Gasteiger partial charge in [0.2, 0.25) is 5.91 Å². The third-order valence-electron chi connectivity index (χ3n) is 6.28. The molecule has 150 valence electrons. The average molecular weight is 377 g/mol. The molecule has 27 heavy (non-hydrogen) atoms. The zero-order valence-corrected chi connectivity index (χ0v) is 16.7. The lowest BCUT2D eigenvalue weighted by Crippen LogP contribution is -2.51. The third-order valence-corrected chi connectivity index (χ3v) is 6.28. The first-order valence-electron chi connectivity index (χ1n) is 10.0. The lowest BCUT2D eigenvalue weighted by molar-refractivity contribution is -0.136. The van der Waals surface area contributed by atoms with Crippen molar-refractivity contribution in [2.24, 2.45) is 11.3 Å². The first-order chi connectivity index (χ1) is 12.7. The Morgan fingerprint density at radius 3 is 2.59 bits per heavy atom. The molecular formula is C20H32N4O3. The Balaban J connectivity index is 1.55. The van der Waals surface area contributed by atoms with E-state index in [1.165, 1.54) is 5.57 Å². The summed E-state index contributed by atoms with van der Waals surface area (Å²) in [4.78, 5) is 38.7. The highest BCUT2D eigenvalue weighted by molar-refractivity contribution is 6.09. The monoisotopic (exact) mass is 376 g/mol. The van der Waals surface area contributed by atoms with Crippen LogP contribution in [0.25, 0.3) is 0 Å². The highest BCUT2D eigenvalue weighted by atomic mass is 16.2. The van der Waals surface area contributed by atoms with Crippen LogP contribution in [-0.4, -0.2) is 54.5 Å². The number of carbonyl (C=O) groups is 3. The van der Waals surface area contributed by atoms with Crippen molar-refractivity contribution in [3.63, 3.8) is 0 Å². The molecule has 0 aromatic rings. The van der Waals surface area contributed by atoms with Gasteiger partial charge >= 0.3 is 6.03 Å². The number of hydrogen-bond acceptors (Lipinski definition) is 4. The topological polar surface area (TPSA) is 90.5 Å². The van der Waals surface area contributed by atoms with Crippen LogP contribution < -0.4 is 16.0 Å². The molecule has 3 rings (SSSR count). The number of amides is 4. The first kappa shape index (κ1) is 19.9. The maximum atomic E-state index is 12.9. The number of nitrogens with one attached hydrogen (secondary N) is 3. The molecule has 7 heteroatoms. The molecule has 1 spiro atoms. The van der Waals surface area contributed by atoms with Crippen LogP contribution in [0.2, 0.25) is 0 Å². The van der Waals surface area contributed by atoms with E-state index in [9.17, 15) is 14.4 Å². The number of urea groups is 1.